The van der Waals surface area contributed by atoms with Crippen molar-refractivity contribution in [1.82, 2.24) is 5.32 Å². The van der Waals surface area contributed by atoms with Gasteiger partial charge in [-0.15, -0.1) is 0 Å². The monoisotopic (exact) mass is 225 g/mol. The number of nitrogens with one attached hydrogen (secondary N) is 1. The molecule has 0 heterocycles. The molecule has 0 bridgehead atoms. The number of amides is 1. The van der Waals surface area contributed by atoms with E-state index in [9.17, 15) is 9.18 Å². The van der Waals surface area contributed by atoms with Crippen LogP contribution in [0.5, 0.6) is 0 Å². The number of hydrogen-bond acceptors (Lipinski definition) is 1. The van der Waals surface area contributed by atoms with Crippen molar-refractivity contribution in [3.05, 3.63) is 34.6 Å². The molecule has 78 valence electrons. The molecule has 1 amide bonds. The first kappa shape index (κ1) is 11.5. The Morgan fingerprint density at radius 1 is 1.60 bits per heavy atom. The van der Waals surface area contributed by atoms with Gasteiger partial charge in [-0.3, -0.25) is 4.79 Å². The predicted octanol–water partition coefficient (Wildman–Crippen LogP) is 1.97. The van der Waals surface area contributed by atoms with E-state index in [0.29, 0.717) is 0 Å². The second-order valence-electron chi connectivity index (χ2n) is 2.81. The SMILES string of the molecule is CC(=O)NCC#Cc1c(F)cccc1Cl. The van der Waals surface area contributed by atoms with Gasteiger partial charge >= 0.3 is 0 Å². The van der Waals surface area contributed by atoms with E-state index in [0.717, 1.165) is 0 Å². The van der Waals surface area contributed by atoms with E-state index in [1.54, 1.807) is 6.07 Å². The maximum absolute atomic E-state index is 13.2. The maximum atomic E-state index is 13.2. The lowest BCUT2D eigenvalue weighted by molar-refractivity contribution is -0.118. The highest BCUT2D eigenvalue weighted by Crippen LogP contribution is 2.17. The molecule has 0 spiro atoms. The molecule has 1 aromatic rings. The van der Waals surface area contributed by atoms with E-state index in [4.69, 9.17) is 11.6 Å². The Morgan fingerprint density at radius 2 is 2.33 bits per heavy atom. The van der Waals surface area contributed by atoms with Crippen LogP contribution < -0.4 is 5.32 Å². The molecule has 15 heavy (non-hydrogen) atoms. The van der Waals surface area contributed by atoms with Crippen LogP contribution in [-0.4, -0.2) is 12.5 Å². The maximum Gasteiger partial charge on any atom is 0.217 e. The summed E-state index contributed by atoms with van der Waals surface area (Å²) in [5.74, 6) is 4.54. The summed E-state index contributed by atoms with van der Waals surface area (Å²) in [4.78, 5) is 10.5. The summed E-state index contributed by atoms with van der Waals surface area (Å²) < 4.78 is 13.2. The minimum absolute atomic E-state index is 0.157. The minimum Gasteiger partial charge on any atom is -0.345 e. The Hall–Kier alpha value is -1.53. The Labute approximate surface area is 92.4 Å². The Bertz CT molecular complexity index is 414. The largest absolute Gasteiger partial charge is 0.345 e. The molecule has 2 nitrogen and oxygen atoms in total. The average molecular weight is 226 g/mol. The van der Waals surface area contributed by atoms with E-state index >= 15 is 0 Å². The van der Waals surface area contributed by atoms with Crippen LogP contribution in [0.25, 0.3) is 0 Å². The van der Waals surface area contributed by atoms with Gasteiger partial charge in [-0.05, 0) is 12.1 Å². The molecule has 0 saturated heterocycles. The minimum atomic E-state index is -0.460. The Balaban J connectivity index is 2.75. The summed E-state index contributed by atoms with van der Waals surface area (Å²) >= 11 is 5.74. The smallest absolute Gasteiger partial charge is 0.217 e. The lowest BCUT2D eigenvalue weighted by Gasteiger charge is -1.96. The topological polar surface area (TPSA) is 29.1 Å². The van der Waals surface area contributed by atoms with Crippen LogP contribution in [0, 0.1) is 17.7 Å². The fourth-order valence-corrected chi connectivity index (χ4v) is 1.13. The van der Waals surface area contributed by atoms with Gasteiger partial charge in [-0.25, -0.2) is 4.39 Å². The fraction of sp³-hybridized carbons (Fsp3) is 0.182. The third kappa shape index (κ3) is 3.61. The highest BCUT2D eigenvalue weighted by atomic mass is 35.5. The Kier molecular flexibility index (Phi) is 4.14. The van der Waals surface area contributed by atoms with Crippen LogP contribution in [0.4, 0.5) is 4.39 Å². The summed E-state index contributed by atoms with van der Waals surface area (Å²) in [6, 6.07) is 4.36. The number of halogens is 2. The van der Waals surface area contributed by atoms with E-state index in [2.05, 4.69) is 17.2 Å². The first-order valence-electron chi connectivity index (χ1n) is 4.28. The molecule has 1 aromatic carbocycles. The molecule has 0 fully saturated rings. The molecule has 0 aliphatic carbocycles. The summed E-state index contributed by atoms with van der Waals surface area (Å²) in [7, 11) is 0. The molecule has 0 saturated carbocycles. The molecule has 4 heteroatoms. The summed E-state index contributed by atoms with van der Waals surface area (Å²) in [6.45, 7) is 1.57. The zero-order chi connectivity index (χ0) is 11.3. The van der Waals surface area contributed by atoms with Crippen LogP contribution >= 0.6 is 11.6 Å². The van der Waals surface area contributed by atoms with Crippen LogP contribution in [0.3, 0.4) is 0 Å². The van der Waals surface area contributed by atoms with Gasteiger partial charge in [0, 0.05) is 6.92 Å². The average Bonchev–Trinajstić information content (AvgIpc) is 2.15. The normalized spacial score (nSPS) is 9.00. The second-order valence-corrected chi connectivity index (χ2v) is 3.22. The highest BCUT2D eigenvalue weighted by Gasteiger charge is 2.02. The molecule has 0 radical (unpaired) electrons. The van der Waals surface area contributed by atoms with E-state index in [1.165, 1.54) is 19.1 Å². The van der Waals surface area contributed by atoms with Crippen molar-refractivity contribution in [1.29, 1.82) is 0 Å². The molecule has 0 atom stereocenters. The van der Waals surface area contributed by atoms with Crippen molar-refractivity contribution in [3.8, 4) is 11.8 Å². The first-order chi connectivity index (χ1) is 7.11. The van der Waals surface area contributed by atoms with Crippen molar-refractivity contribution >= 4 is 17.5 Å². The van der Waals surface area contributed by atoms with E-state index < -0.39 is 5.82 Å². The first-order valence-corrected chi connectivity index (χ1v) is 4.66. The Morgan fingerprint density at radius 3 is 2.93 bits per heavy atom. The second kappa shape index (κ2) is 5.38. The number of carbonyl (C=O) groups excluding carboxylic acids is 1. The highest BCUT2D eigenvalue weighted by molar-refractivity contribution is 6.31. The van der Waals surface area contributed by atoms with Gasteiger partial charge in [0.05, 0.1) is 17.1 Å². The van der Waals surface area contributed by atoms with Crippen molar-refractivity contribution in [2.24, 2.45) is 0 Å². The van der Waals surface area contributed by atoms with Crippen LogP contribution in [0.15, 0.2) is 18.2 Å². The number of carbonyl (C=O) groups is 1. The number of benzene rings is 1. The summed E-state index contributed by atoms with van der Waals surface area (Å²) in [6.07, 6.45) is 0. The zero-order valence-corrected chi connectivity index (χ0v) is 8.86. The molecule has 0 unspecified atom stereocenters. The molecular weight excluding hydrogens is 217 g/mol. The van der Waals surface area contributed by atoms with Gasteiger partial charge in [0.25, 0.3) is 0 Å². The molecule has 0 aromatic heterocycles. The third-order valence-electron chi connectivity index (χ3n) is 1.60. The summed E-state index contributed by atoms with van der Waals surface area (Å²) in [5.41, 5.74) is 0.157. The van der Waals surface area contributed by atoms with Crippen molar-refractivity contribution in [2.75, 3.05) is 6.54 Å². The standard InChI is InChI=1S/C11H9ClFNO/c1-8(15)14-7-3-4-9-10(12)5-2-6-11(9)13/h2,5-6H,7H2,1H3,(H,14,15). The van der Waals surface area contributed by atoms with E-state index in [1.807, 2.05) is 0 Å². The van der Waals surface area contributed by atoms with Gasteiger partial charge in [-0.1, -0.05) is 29.5 Å². The zero-order valence-electron chi connectivity index (χ0n) is 8.10. The third-order valence-corrected chi connectivity index (χ3v) is 1.92. The van der Waals surface area contributed by atoms with Crippen molar-refractivity contribution in [2.45, 2.75) is 6.92 Å². The molecule has 1 rings (SSSR count). The van der Waals surface area contributed by atoms with Gasteiger partial charge < -0.3 is 5.32 Å². The predicted molar refractivity (Wildman–Crippen MR) is 57.0 cm³/mol. The van der Waals surface area contributed by atoms with Crippen molar-refractivity contribution < 1.29 is 9.18 Å². The van der Waals surface area contributed by atoms with Crippen LogP contribution in [0.2, 0.25) is 5.02 Å². The molecular formula is C11H9ClFNO. The van der Waals surface area contributed by atoms with Crippen LogP contribution in [0.1, 0.15) is 12.5 Å². The lowest BCUT2D eigenvalue weighted by Crippen LogP contribution is -2.19. The van der Waals surface area contributed by atoms with Crippen LogP contribution in [-0.2, 0) is 4.79 Å². The van der Waals surface area contributed by atoms with Crippen molar-refractivity contribution in [3.63, 3.8) is 0 Å². The quantitative estimate of drug-likeness (QED) is 0.728. The van der Waals surface area contributed by atoms with Gasteiger partial charge in [-0.2, -0.15) is 0 Å². The number of rotatable bonds is 1. The van der Waals surface area contributed by atoms with Gasteiger partial charge in [0.1, 0.15) is 5.82 Å². The summed E-state index contributed by atoms with van der Waals surface area (Å²) in [5, 5.41) is 2.75. The van der Waals surface area contributed by atoms with Gasteiger partial charge in [0.2, 0.25) is 5.91 Å². The van der Waals surface area contributed by atoms with E-state index in [-0.39, 0.29) is 23.0 Å². The number of hydrogen-bond donors (Lipinski definition) is 1. The fourth-order valence-electron chi connectivity index (χ4n) is 0.918. The lowest BCUT2D eigenvalue weighted by atomic mass is 10.2. The molecule has 1 N–H and O–H groups in total. The van der Waals surface area contributed by atoms with Gasteiger partial charge in [0.15, 0.2) is 0 Å². The molecule has 0 aliphatic heterocycles. The molecule has 0 aliphatic rings.